The van der Waals surface area contributed by atoms with Crippen molar-refractivity contribution in [1.29, 1.82) is 0 Å². The van der Waals surface area contributed by atoms with Gasteiger partial charge in [-0.15, -0.1) is 0 Å². The molecule has 0 aliphatic heterocycles. The van der Waals surface area contributed by atoms with Crippen LogP contribution in [0.2, 0.25) is 0 Å². The summed E-state index contributed by atoms with van der Waals surface area (Å²) in [5, 5.41) is 0. The van der Waals surface area contributed by atoms with E-state index < -0.39 is 0 Å². The molecule has 1 unspecified atom stereocenters. The van der Waals surface area contributed by atoms with E-state index in [-0.39, 0.29) is 11.9 Å². The van der Waals surface area contributed by atoms with Crippen LogP contribution in [-0.2, 0) is 6.42 Å². The molecule has 0 saturated heterocycles. The molecule has 112 valence electrons. The molecule has 0 amide bonds. The van der Waals surface area contributed by atoms with Gasteiger partial charge in [0, 0.05) is 10.0 Å². The molecule has 0 spiro atoms. The third-order valence-electron chi connectivity index (χ3n) is 3.39. The molecular formula is C16H18BrFN2O. The Labute approximate surface area is 132 Å². The zero-order valence-electron chi connectivity index (χ0n) is 12.0. The molecule has 3 N–H and O–H groups in total. The van der Waals surface area contributed by atoms with E-state index in [0.29, 0.717) is 12.0 Å². The number of hydrazine groups is 1. The summed E-state index contributed by atoms with van der Waals surface area (Å²) in [6, 6.07) is 10.4. The number of hydrogen-bond acceptors (Lipinski definition) is 3. The Kier molecular flexibility index (Phi) is 5.33. The van der Waals surface area contributed by atoms with Crippen molar-refractivity contribution in [3.63, 3.8) is 0 Å². The molecule has 5 heteroatoms. The monoisotopic (exact) mass is 352 g/mol. The van der Waals surface area contributed by atoms with Crippen LogP contribution < -0.4 is 16.0 Å². The maximum atomic E-state index is 14.0. The van der Waals surface area contributed by atoms with E-state index >= 15 is 0 Å². The van der Waals surface area contributed by atoms with Crippen LogP contribution in [0.3, 0.4) is 0 Å². The van der Waals surface area contributed by atoms with Gasteiger partial charge in [-0.05, 0) is 43.2 Å². The maximum Gasteiger partial charge on any atom is 0.128 e. The van der Waals surface area contributed by atoms with Crippen molar-refractivity contribution < 1.29 is 9.13 Å². The van der Waals surface area contributed by atoms with E-state index in [9.17, 15) is 4.39 Å². The van der Waals surface area contributed by atoms with E-state index in [1.54, 1.807) is 13.2 Å². The van der Waals surface area contributed by atoms with Crippen LogP contribution in [-0.4, -0.2) is 7.11 Å². The molecular weight excluding hydrogens is 335 g/mol. The second-order valence-electron chi connectivity index (χ2n) is 4.90. The lowest BCUT2D eigenvalue weighted by atomic mass is 9.97. The highest BCUT2D eigenvalue weighted by molar-refractivity contribution is 9.10. The second kappa shape index (κ2) is 7.02. The van der Waals surface area contributed by atoms with Crippen LogP contribution in [0.5, 0.6) is 5.75 Å². The predicted octanol–water partition coefficient (Wildman–Crippen LogP) is 3.65. The number of benzene rings is 2. The van der Waals surface area contributed by atoms with Gasteiger partial charge in [0.2, 0.25) is 0 Å². The molecule has 2 rings (SSSR count). The third-order valence-corrected chi connectivity index (χ3v) is 3.89. The van der Waals surface area contributed by atoms with Gasteiger partial charge in [0.05, 0.1) is 13.2 Å². The summed E-state index contributed by atoms with van der Waals surface area (Å²) in [5.41, 5.74) is 5.20. The first-order chi connectivity index (χ1) is 10.0. The topological polar surface area (TPSA) is 47.3 Å². The average Bonchev–Trinajstić information content (AvgIpc) is 2.47. The summed E-state index contributed by atoms with van der Waals surface area (Å²) in [6.07, 6.45) is 0.527. The van der Waals surface area contributed by atoms with E-state index in [4.69, 9.17) is 10.6 Å². The number of nitrogens with two attached hydrogens (primary N) is 1. The molecule has 0 aliphatic carbocycles. The summed E-state index contributed by atoms with van der Waals surface area (Å²) >= 11 is 3.44. The first-order valence-electron chi connectivity index (χ1n) is 6.59. The van der Waals surface area contributed by atoms with Crippen molar-refractivity contribution in [3.05, 3.63) is 63.4 Å². The van der Waals surface area contributed by atoms with Gasteiger partial charge in [-0.3, -0.25) is 11.3 Å². The maximum absolute atomic E-state index is 14.0. The molecule has 0 saturated carbocycles. The summed E-state index contributed by atoms with van der Waals surface area (Å²) < 4.78 is 20.3. The van der Waals surface area contributed by atoms with Crippen LogP contribution in [0, 0.1) is 12.7 Å². The number of aryl methyl sites for hydroxylation is 1. The number of methoxy groups -OCH3 is 1. The standard InChI is InChI=1S/C16H18BrFN2O/c1-10-3-5-14(18)13(7-10)15(20-19)9-11-8-12(17)4-6-16(11)21-2/h3-8,15,20H,9,19H2,1-2H3. The fraction of sp³-hybridized carbons (Fsp3) is 0.250. The minimum atomic E-state index is -0.326. The van der Waals surface area contributed by atoms with Gasteiger partial charge in [0.15, 0.2) is 0 Å². The third kappa shape index (κ3) is 3.81. The molecule has 0 bridgehead atoms. The van der Waals surface area contributed by atoms with Crippen molar-refractivity contribution in [2.45, 2.75) is 19.4 Å². The SMILES string of the molecule is COc1ccc(Br)cc1CC(NN)c1cc(C)ccc1F. The van der Waals surface area contributed by atoms with E-state index in [1.807, 2.05) is 31.2 Å². The first kappa shape index (κ1) is 15.9. The Morgan fingerprint density at radius 3 is 2.71 bits per heavy atom. The van der Waals surface area contributed by atoms with Gasteiger partial charge < -0.3 is 4.74 Å². The lowest BCUT2D eigenvalue weighted by molar-refractivity contribution is 0.404. The highest BCUT2D eigenvalue weighted by Gasteiger charge is 2.17. The Balaban J connectivity index is 2.35. The first-order valence-corrected chi connectivity index (χ1v) is 7.39. The Hall–Kier alpha value is -1.43. The van der Waals surface area contributed by atoms with E-state index in [2.05, 4.69) is 21.4 Å². The molecule has 2 aromatic carbocycles. The average molecular weight is 353 g/mol. The van der Waals surface area contributed by atoms with Gasteiger partial charge in [-0.25, -0.2) is 4.39 Å². The van der Waals surface area contributed by atoms with Gasteiger partial charge >= 0.3 is 0 Å². The van der Waals surface area contributed by atoms with E-state index in [1.165, 1.54) is 6.07 Å². The smallest absolute Gasteiger partial charge is 0.128 e. The minimum Gasteiger partial charge on any atom is -0.496 e. The molecule has 0 heterocycles. The predicted molar refractivity (Wildman–Crippen MR) is 85.6 cm³/mol. The normalized spacial score (nSPS) is 12.2. The lowest BCUT2D eigenvalue weighted by Crippen LogP contribution is -2.30. The Bertz CT molecular complexity index is 634. The van der Waals surface area contributed by atoms with Crippen molar-refractivity contribution in [2.24, 2.45) is 5.84 Å². The van der Waals surface area contributed by atoms with Crippen LogP contribution >= 0.6 is 15.9 Å². The molecule has 0 radical (unpaired) electrons. The Morgan fingerprint density at radius 1 is 1.29 bits per heavy atom. The van der Waals surface area contributed by atoms with Gasteiger partial charge in [-0.1, -0.05) is 33.6 Å². The largest absolute Gasteiger partial charge is 0.496 e. The van der Waals surface area contributed by atoms with Crippen LogP contribution in [0.15, 0.2) is 40.9 Å². The van der Waals surface area contributed by atoms with Crippen LogP contribution in [0.1, 0.15) is 22.7 Å². The Morgan fingerprint density at radius 2 is 2.05 bits per heavy atom. The summed E-state index contributed by atoms with van der Waals surface area (Å²) in [5.74, 6) is 6.12. The second-order valence-corrected chi connectivity index (χ2v) is 5.82. The number of nitrogens with one attached hydrogen (secondary N) is 1. The van der Waals surface area contributed by atoms with Crippen molar-refractivity contribution >= 4 is 15.9 Å². The van der Waals surface area contributed by atoms with Crippen LogP contribution in [0.4, 0.5) is 4.39 Å². The number of halogens is 2. The molecule has 0 fully saturated rings. The minimum absolute atomic E-state index is 0.266. The van der Waals surface area contributed by atoms with Gasteiger partial charge in [-0.2, -0.15) is 0 Å². The van der Waals surface area contributed by atoms with Crippen LogP contribution in [0.25, 0.3) is 0 Å². The van der Waals surface area contributed by atoms with Crippen molar-refractivity contribution in [3.8, 4) is 5.75 Å². The molecule has 21 heavy (non-hydrogen) atoms. The molecule has 2 aromatic rings. The molecule has 0 aromatic heterocycles. The molecule has 3 nitrogen and oxygen atoms in total. The number of ether oxygens (including phenoxy) is 1. The lowest BCUT2D eigenvalue weighted by Gasteiger charge is -2.19. The van der Waals surface area contributed by atoms with Crippen molar-refractivity contribution in [1.82, 2.24) is 5.43 Å². The van der Waals surface area contributed by atoms with Gasteiger partial charge in [0.1, 0.15) is 11.6 Å². The zero-order valence-corrected chi connectivity index (χ0v) is 13.6. The molecule has 1 atom stereocenters. The van der Waals surface area contributed by atoms with E-state index in [0.717, 1.165) is 21.3 Å². The van der Waals surface area contributed by atoms with Crippen molar-refractivity contribution in [2.75, 3.05) is 7.11 Å². The quantitative estimate of drug-likeness (QED) is 0.637. The summed E-state index contributed by atoms with van der Waals surface area (Å²) in [6.45, 7) is 1.93. The fourth-order valence-electron chi connectivity index (χ4n) is 2.32. The zero-order chi connectivity index (χ0) is 15.4. The fourth-order valence-corrected chi connectivity index (χ4v) is 2.72. The van der Waals surface area contributed by atoms with Gasteiger partial charge in [0.25, 0.3) is 0 Å². The molecule has 0 aliphatic rings. The summed E-state index contributed by atoms with van der Waals surface area (Å²) in [7, 11) is 1.62. The highest BCUT2D eigenvalue weighted by Crippen LogP contribution is 2.29. The number of hydrogen-bond donors (Lipinski definition) is 2. The highest BCUT2D eigenvalue weighted by atomic mass is 79.9. The number of rotatable bonds is 5. The summed E-state index contributed by atoms with van der Waals surface area (Å²) in [4.78, 5) is 0.